The molecule has 1 aliphatic rings. The van der Waals surface area contributed by atoms with Crippen LogP contribution in [0.25, 0.3) is 0 Å². The minimum Gasteiger partial charge on any atom is -0.493 e. The van der Waals surface area contributed by atoms with Gasteiger partial charge in [0.15, 0.2) is 18.3 Å². The van der Waals surface area contributed by atoms with Crippen LogP contribution >= 0.6 is 0 Å². The number of allylic oxidation sites excluding steroid dienone is 2. The number of amides is 1. The average molecular weight is 405 g/mol. The fourth-order valence-electron chi connectivity index (χ4n) is 3.22. The monoisotopic (exact) mass is 405 g/mol. The molecule has 0 aliphatic carbocycles. The van der Waals surface area contributed by atoms with Crippen LogP contribution in [0.2, 0.25) is 0 Å². The number of nitrogens with zero attached hydrogens (tertiary/aromatic N) is 1. The molecule has 1 saturated heterocycles. The number of methoxy groups -OCH3 is 2. The van der Waals surface area contributed by atoms with Crippen LogP contribution in [-0.2, 0) is 20.7 Å². The summed E-state index contributed by atoms with van der Waals surface area (Å²) < 4.78 is 21.2. The van der Waals surface area contributed by atoms with Crippen molar-refractivity contribution >= 4 is 5.91 Å². The van der Waals surface area contributed by atoms with Crippen molar-refractivity contribution in [2.24, 2.45) is 5.92 Å². The Kier molecular flexibility index (Phi) is 9.18. The van der Waals surface area contributed by atoms with E-state index in [0.717, 1.165) is 11.1 Å². The minimum absolute atomic E-state index is 0.0473. The van der Waals surface area contributed by atoms with Gasteiger partial charge in [0.25, 0.3) is 0 Å². The molecule has 29 heavy (non-hydrogen) atoms. The Balaban J connectivity index is 1.90. The van der Waals surface area contributed by atoms with Crippen LogP contribution < -0.4 is 9.47 Å². The second kappa shape index (κ2) is 11.6. The first kappa shape index (κ1) is 22.9. The molecule has 0 saturated carbocycles. The van der Waals surface area contributed by atoms with Gasteiger partial charge in [-0.25, -0.2) is 0 Å². The normalized spacial score (nSPS) is 19.1. The van der Waals surface area contributed by atoms with Crippen molar-refractivity contribution in [2.45, 2.75) is 25.5 Å². The number of carbonyl (C=O) groups is 1. The van der Waals surface area contributed by atoms with E-state index in [1.807, 2.05) is 18.2 Å². The molecule has 2 unspecified atom stereocenters. The fourth-order valence-corrected chi connectivity index (χ4v) is 3.22. The summed E-state index contributed by atoms with van der Waals surface area (Å²) in [6.07, 6.45) is 2.26. The summed E-state index contributed by atoms with van der Waals surface area (Å²) >= 11 is 0. The van der Waals surface area contributed by atoms with E-state index in [-0.39, 0.29) is 18.6 Å². The van der Waals surface area contributed by atoms with Gasteiger partial charge < -0.3 is 29.0 Å². The van der Waals surface area contributed by atoms with E-state index in [4.69, 9.17) is 18.9 Å². The molecule has 0 bridgehead atoms. The molecular formula is C22H31NO6. The summed E-state index contributed by atoms with van der Waals surface area (Å²) in [6.45, 7) is 9.08. The maximum atomic E-state index is 12.5. The fraction of sp³-hybridized carbons (Fsp3) is 0.500. The van der Waals surface area contributed by atoms with Crippen molar-refractivity contribution in [1.29, 1.82) is 0 Å². The smallest absolute Gasteiger partial charge is 0.225 e. The van der Waals surface area contributed by atoms with Gasteiger partial charge in [-0.05, 0) is 36.5 Å². The topological polar surface area (TPSA) is 77.5 Å². The van der Waals surface area contributed by atoms with Crippen LogP contribution in [0, 0.1) is 5.92 Å². The Labute approximate surface area is 172 Å². The van der Waals surface area contributed by atoms with Crippen LogP contribution in [0.1, 0.15) is 18.4 Å². The lowest BCUT2D eigenvalue weighted by Gasteiger charge is -2.36. The second-order valence-corrected chi connectivity index (χ2v) is 6.88. The standard InChI is InChI=1S/C22H31NO6/c1-5-16(2)18-13-21(24)23(22(25)14-18)9-8-17-6-7-19(20(12-17)27-4)29-15-28-11-10-26-3/h5-7,12,18,21,24H,1-2,8-11,13-15H2,3-4H3. The maximum Gasteiger partial charge on any atom is 0.225 e. The molecule has 0 radical (unpaired) electrons. The number of likely N-dealkylation sites (tertiary alicyclic amines) is 1. The second-order valence-electron chi connectivity index (χ2n) is 6.88. The summed E-state index contributed by atoms with van der Waals surface area (Å²) in [5.41, 5.74) is 1.77. The first-order valence-electron chi connectivity index (χ1n) is 9.65. The third-order valence-corrected chi connectivity index (χ3v) is 4.98. The maximum absolute atomic E-state index is 12.5. The summed E-state index contributed by atoms with van der Waals surface area (Å²) in [7, 11) is 3.18. The Morgan fingerprint density at radius 1 is 1.31 bits per heavy atom. The molecule has 1 aliphatic heterocycles. The third kappa shape index (κ3) is 6.59. The number of aliphatic hydroxyl groups excluding tert-OH is 1. The van der Waals surface area contributed by atoms with E-state index in [2.05, 4.69) is 13.2 Å². The minimum atomic E-state index is -0.813. The number of benzene rings is 1. The first-order valence-corrected chi connectivity index (χ1v) is 9.65. The predicted octanol–water partition coefficient (Wildman–Crippen LogP) is 2.54. The Morgan fingerprint density at radius 3 is 2.76 bits per heavy atom. The van der Waals surface area contributed by atoms with E-state index >= 15 is 0 Å². The van der Waals surface area contributed by atoms with E-state index < -0.39 is 6.23 Å². The van der Waals surface area contributed by atoms with E-state index in [1.165, 1.54) is 4.90 Å². The van der Waals surface area contributed by atoms with Gasteiger partial charge in [-0.15, -0.1) is 0 Å². The highest BCUT2D eigenvalue weighted by atomic mass is 16.7. The lowest BCUT2D eigenvalue weighted by atomic mass is 9.88. The molecule has 0 spiro atoms. The first-order chi connectivity index (χ1) is 14.0. The number of hydrogen-bond acceptors (Lipinski definition) is 6. The van der Waals surface area contributed by atoms with Gasteiger partial charge in [0, 0.05) is 20.1 Å². The van der Waals surface area contributed by atoms with Crippen molar-refractivity contribution in [3.63, 3.8) is 0 Å². The van der Waals surface area contributed by atoms with Gasteiger partial charge in [0.05, 0.1) is 20.3 Å². The number of rotatable bonds is 12. The molecule has 1 heterocycles. The highest BCUT2D eigenvalue weighted by Crippen LogP contribution is 2.30. The third-order valence-electron chi connectivity index (χ3n) is 4.98. The summed E-state index contributed by atoms with van der Waals surface area (Å²) in [6, 6.07) is 5.59. The van der Waals surface area contributed by atoms with Gasteiger partial charge in [0.1, 0.15) is 6.23 Å². The van der Waals surface area contributed by atoms with Crippen molar-refractivity contribution in [3.8, 4) is 11.5 Å². The number of hydrogen-bond donors (Lipinski definition) is 1. The molecule has 2 rings (SSSR count). The molecule has 1 amide bonds. The predicted molar refractivity (Wildman–Crippen MR) is 110 cm³/mol. The number of ether oxygens (including phenoxy) is 4. The van der Waals surface area contributed by atoms with Crippen LogP contribution in [0.4, 0.5) is 0 Å². The molecule has 7 heteroatoms. The molecule has 2 atom stereocenters. The Bertz CT molecular complexity index is 705. The molecule has 1 aromatic carbocycles. The van der Waals surface area contributed by atoms with Crippen molar-refractivity contribution < 1.29 is 28.8 Å². The zero-order valence-electron chi connectivity index (χ0n) is 17.3. The zero-order chi connectivity index (χ0) is 21.2. The van der Waals surface area contributed by atoms with Gasteiger partial charge in [0.2, 0.25) is 5.91 Å². The Morgan fingerprint density at radius 2 is 2.10 bits per heavy atom. The van der Waals surface area contributed by atoms with Crippen molar-refractivity contribution in [3.05, 3.63) is 48.6 Å². The SMILES string of the molecule is C=CC(=C)C1CC(=O)N(CCc2ccc(OCOCCOC)c(OC)c2)C(O)C1. The zero-order valence-corrected chi connectivity index (χ0v) is 17.3. The van der Waals surface area contributed by atoms with Crippen LogP contribution in [0.15, 0.2) is 43.0 Å². The molecule has 1 fully saturated rings. The van der Waals surface area contributed by atoms with Crippen molar-refractivity contribution in [1.82, 2.24) is 4.90 Å². The number of piperidine rings is 1. The van der Waals surface area contributed by atoms with E-state index in [9.17, 15) is 9.90 Å². The molecule has 1 N–H and O–H groups in total. The molecular weight excluding hydrogens is 374 g/mol. The molecule has 7 nitrogen and oxygen atoms in total. The van der Waals surface area contributed by atoms with Crippen LogP contribution in [0.3, 0.4) is 0 Å². The Hall–Kier alpha value is -2.35. The highest BCUT2D eigenvalue weighted by Gasteiger charge is 2.32. The van der Waals surface area contributed by atoms with Crippen LogP contribution in [-0.4, -0.2) is 62.9 Å². The van der Waals surface area contributed by atoms with Gasteiger partial charge in [-0.3, -0.25) is 4.79 Å². The quantitative estimate of drug-likeness (QED) is 0.327. The molecule has 0 aromatic heterocycles. The molecule has 1 aromatic rings. The van der Waals surface area contributed by atoms with Crippen LogP contribution in [0.5, 0.6) is 11.5 Å². The highest BCUT2D eigenvalue weighted by molar-refractivity contribution is 5.78. The van der Waals surface area contributed by atoms with Gasteiger partial charge in [-0.1, -0.05) is 30.9 Å². The average Bonchev–Trinajstić information content (AvgIpc) is 2.72. The summed E-state index contributed by atoms with van der Waals surface area (Å²) in [5, 5.41) is 10.4. The van der Waals surface area contributed by atoms with E-state index in [0.29, 0.717) is 50.5 Å². The summed E-state index contributed by atoms with van der Waals surface area (Å²) in [5.74, 6) is 1.05. The van der Waals surface area contributed by atoms with Crippen molar-refractivity contribution in [2.75, 3.05) is 40.8 Å². The van der Waals surface area contributed by atoms with E-state index in [1.54, 1.807) is 20.3 Å². The number of carbonyl (C=O) groups excluding carboxylic acids is 1. The lowest BCUT2D eigenvalue weighted by Crippen LogP contribution is -2.47. The number of aliphatic hydroxyl groups is 1. The summed E-state index contributed by atoms with van der Waals surface area (Å²) in [4.78, 5) is 14.0. The van der Waals surface area contributed by atoms with Gasteiger partial charge >= 0.3 is 0 Å². The largest absolute Gasteiger partial charge is 0.493 e. The van der Waals surface area contributed by atoms with Gasteiger partial charge in [-0.2, -0.15) is 0 Å². The lowest BCUT2D eigenvalue weighted by molar-refractivity contribution is -0.148. The molecule has 160 valence electrons.